The fraction of sp³-hybridized carbons (Fsp3) is 0.676. The lowest BCUT2D eigenvalue weighted by Gasteiger charge is -2.19. The number of benzene rings is 1. The molecule has 1 saturated heterocycles. The lowest BCUT2D eigenvalue weighted by molar-refractivity contribution is -0.386. The minimum Gasteiger partial charge on any atom is -0.441 e. The van der Waals surface area contributed by atoms with Crippen molar-refractivity contribution in [3.63, 3.8) is 0 Å². The van der Waals surface area contributed by atoms with Gasteiger partial charge in [0.1, 0.15) is 24.4 Å². The number of aromatic nitrogens is 4. The van der Waals surface area contributed by atoms with Gasteiger partial charge in [0.05, 0.1) is 23.4 Å². The average molecular weight is 729 g/mol. The molecule has 1 amide bonds. The van der Waals surface area contributed by atoms with Crippen molar-refractivity contribution in [2.75, 3.05) is 11.9 Å². The standard InChI is InChI=1S/C37H56N6O9/c1-2-3-4-5-6-7-8-9-10-11-12-13-14-15-16-17-18-23-28(26-21-19-20-22-27(26)43(49)50)52-37(48)41-36-39-33-30(34(47)40-36)38-25-42(33)35-32(46)31(45)29(24-44)51-35/h19-22,25,28-29,31-32,35,44-46H,2-18,23-24H2,1H3,(H2,39,40,41,47,48)/t28?,29-,31+,32?,35-/m1/s1. The summed E-state index contributed by atoms with van der Waals surface area (Å²) in [6.07, 6.45) is 15.3. The summed E-state index contributed by atoms with van der Waals surface area (Å²) in [6.45, 7) is 1.70. The third-order valence-electron chi connectivity index (χ3n) is 9.74. The van der Waals surface area contributed by atoms with Crippen LogP contribution < -0.4 is 10.9 Å². The van der Waals surface area contributed by atoms with Crippen LogP contribution in [0.25, 0.3) is 11.2 Å². The van der Waals surface area contributed by atoms with E-state index in [0.29, 0.717) is 12.8 Å². The van der Waals surface area contributed by atoms with E-state index in [4.69, 9.17) is 9.47 Å². The number of nitro benzene ring substituents is 1. The number of aromatic amines is 1. The second-order valence-corrected chi connectivity index (χ2v) is 13.7. The quantitative estimate of drug-likeness (QED) is 0.0361. The highest BCUT2D eigenvalue weighted by atomic mass is 16.6. The summed E-state index contributed by atoms with van der Waals surface area (Å²) >= 11 is 0. The van der Waals surface area contributed by atoms with E-state index in [9.17, 15) is 35.0 Å². The summed E-state index contributed by atoms with van der Waals surface area (Å²) in [7, 11) is 0. The number of carbonyl (C=O) groups excluding carboxylic acids is 1. The maximum atomic E-state index is 13.2. The van der Waals surface area contributed by atoms with E-state index in [0.717, 1.165) is 19.3 Å². The third-order valence-corrected chi connectivity index (χ3v) is 9.74. The van der Waals surface area contributed by atoms with Crippen LogP contribution in [0.2, 0.25) is 0 Å². The molecule has 2 unspecified atom stereocenters. The van der Waals surface area contributed by atoms with Gasteiger partial charge in [0.15, 0.2) is 17.4 Å². The molecule has 0 spiro atoms. The van der Waals surface area contributed by atoms with Crippen LogP contribution in [-0.2, 0) is 9.47 Å². The van der Waals surface area contributed by atoms with Gasteiger partial charge in [-0.2, -0.15) is 4.98 Å². The van der Waals surface area contributed by atoms with Crippen LogP contribution >= 0.6 is 0 Å². The number of ether oxygens (including phenoxy) is 2. The molecule has 0 saturated carbocycles. The van der Waals surface area contributed by atoms with Crippen molar-refractivity contribution in [3.8, 4) is 0 Å². The Kier molecular flexibility index (Phi) is 16.9. The molecule has 1 aromatic carbocycles. The summed E-state index contributed by atoms with van der Waals surface area (Å²) in [6, 6.07) is 6.13. The van der Waals surface area contributed by atoms with Gasteiger partial charge in [-0.3, -0.25) is 29.8 Å². The summed E-state index contributed by atoms with van der Waals surface area (Å²) < 4.78 is 12.5. The normalized spacial score (nSPS) is 19.2. The maximum Gasteiger partial charge on any atom is 0.414 e. The number of aliphatic hydroxyl groups excluding tert-OH is 3. The van der Waals surface area contributed by atoms with Gasteiger partial charge in [0.2, 0.25) is 5.95 Å². The van der Waals surface area contributed by atoms with E-state index < -0.39 is 53.8 Å². The number of unbranched alkanes of at least 4 members (excludes halogenated alkanes) is 16. The second-order valence-electron chi connectivity index (χ2n) is 13.7. The van der Waals surface area contributed by atoms with Gasteiger partial charge in [-0.15, -0.1) is 0 Å². The zero-order valence-corrected chi connectivity index (χ0v) is 30.3. The Morgan fingerprint density at radius 1 is 0.962 bits per heavy atom. The van der Waals surface area contributed by atoms with Crippen LogP contribution in [0.15, 0.2) is 35.4 Å². The fourth-order valence-corrected chi connectivity index (χ4v) is 6.80. The molecule has 1 fully saturated rings. The van der Waals surface area contributed by atoms with Crippen LogP contribution in [0.5, 0.6) is 0 Å². The minimum atomic E-state index is -1.45. The van der Waals surface area contributed by atoms with Gasteiger partial charge in [-0.05, 0) is 18.9 Å². The fourth-order valence-electron chi connectivity index (χ4n) is 6.80. The largest absolute Gasteiger partial charge is 0.441 e. The van der Waals surface area contributed by atoms with Gasteiger partial charge in [-0.25, -0.2) is 9.78 Å². The van der Waals surface area contributed by atoms with Crippen molar-refractivity contribution in [1.29, 1.82) is 0 Å². The molecular formula is C37H56N6O9. The lowest BCUT2D eigenvalue weighted by atomic mass is 10.00. The molecule has 3 aromatic rings. The number of nitrogens with one attached hydrogen (secondary N) is 2. The highest BCUT2D eigenvalue weighted by molar-refractivity contribution is 5.84. The van der Waals surface area contributed by atoms with Crippen molar-refractivity contribution < 1.29 is 34.5 Å². The number of carbonyl (C=O) groups is 1. The number of hydrogen-bond acceptors (Lipinski definition) is 11. The number of hydrogen-bond donors (Lipinski definition) is 5. The Balaban J connectivity index is 1.26. The molecule has 0 radical (unpaired) electrons. The van der Waals surface area contributed by atoms with E-state index in [2.05, 4.69) is 27.2 Å². The SMILES string of the molecule is CCCCCCCCCCCCCCCCCCCC(OC(=O)Nc1nc2c(ncn2[C@@H]2O[C@H](CO)[C@H](O)C2O)c(=O)[nH]1)c1ccccc1[N+](=O)[O-]. The minimum absolute atomic E-state index is 0.0624. The van der Waals surface area contributed by atoms with Gasteiger partial charge in [0.25, 0.3) is 11.2 Å². The number of nitrogens with zero attached hydrogens (tertiary/aromatic N) is 4. The van der Waals surface area contributed by atoms with Crippen molar-refractivity contribution in [1.82, 2.24) is 19.5 Å². The monoisotopic (exact) mass is 728 g/mol. The first-order valence-corrected chi connectivity index (χ1v) is 19.0. The Morgan fingerprint density at radius 3 is 2.10 bits per heavy atom. The molecule has 3 heterocycles. The molecule has 4 rings (SSSR count). The first-order chi connectivity index (χ1) is 25.2. The molecule has 1 aliphatic heterocycles. The molecule has 0 aliphatic carbocycles. The molecule has 2 aromatic heterocycles. The number of imidazole rings is 1. The van der Waals surface area contributed by atoms with Crippen LogP contribution in [0.4, 0.5) is 16.4 Å². The molecule has 0 bridgehead atoms. The lowest BCUT2D eigenvalue weighted by Crippen LogP contribution is -2.33. The van der Waals surface area contributed by atoms with Crippen LogP contribution in [0.3, 0.4) is 0 Å². The van der Waals surface area contributed by atoms with Crippen molar-refractivity contribution >= 4 is 28.9 Å². The number of rotatable bonds is 24. The summed E-state index contributed by atoms with van der Waals surface area (Å²) in [5.74, 6) is -0.296. The van der Waals surface area contributed by atoms with Gasteiger partial charge in [-0.1, -0.05) is 122 Å². The number of nitro groups is 1. The molecular weight excluding hydrogens is 672 g/mol. The van der Waals surface area contributed by atoms with Crippen molar-refractivity contribution in [2.45, 2.75) is 153 Å². The van der Waals surface area contributed by atoms with E-state index >= 15 is 0 Å². The predicted octanol–water partition coefficient (Wildman–Crippen LogP) is 6.97. The maximum absolute atomic E-state index is 13.2. The molecule has 52 heavy (non-hydrogen) atoms. The predicted molar refractivity (Wildman–Crippen MR) is 196 cm³/mol. The molecule has 15 heteroatoms. The molecule has 288 valence electrons. The van der Waals surface area contributed by atoms with E-state index in [1.807, 2.05) is 0 Å². The Hall–Kier alpha value is -3.92. The molecule has 1 aliphatic rings. The topological polar surface area (TPSA) is 215 Å². The molecule has 5 N–H and O–H groups in total. The van der Waals surface area contributed by atoms with Gasteiger partial charge >= 0.3 is 6.09 Å². The van der Waals surface area contributed by atoms with E-state index in [1.165, 1.54) is 100 Å². The summed E-state index contributed by atoms with van der Waals surface area (Å²) in [4.78, 5) is 48.0. The summed E-state index contributed by atoms with van der Waals surface area (Å²) in [5, 5.41) is 44.3. The molecule has 5 atom stereocenters. The third kappa shape index (κ3) is 11.8. The smallest absolute Gasteiger partial charge is 0.414 e. The first-order valence-electron chi connectivity index (χ1n) is 19.0. The van der Waals surface area contributed by atoms with Gasteiger partial charge in [0, 0.05) is 6.07 Å². The number of H-pyrrole nitrogens is 1. The average Bonchev–Trinajstić information content (AvgIpc) is 3.68. The van der Waals surface area contributed by atoms with Crippen LogP contribution in [0.1, 0.15) is 140 Å². The number of para-hydroxylation sites is 1. The Labute approximate surface area is 304 Å². The summed E-state index contributed by atoms with van der Waals surface area (Å²) in [5.41, 5.74) is -0.786. The number of aliphatic hydroxyl groups is 3. The zero-order valence-electron chi connectivity index (χ0n) is 30.3. The van der Waals surface area contributed by atoms with Crippen molar-refractivity contribution in [2.24, 2.45) is 0 Å². The highest BCUT2D eigenvalue weighted by Crippen LogP contribution is 2.33. The number of amides is 1. The second kappa shape index (κ2) is 21.6. The Bertz CT molecular complexity index is 1600. The number of fused-ring (bicyclic) bond motifs is 1. The van der Waals surface area contributed by atoms with Crippen molar-refractivity contribution in [3.05, 3.63) is 56.6 Å². The Morgan fingerprint density at radius 2 is 1.54 bits per heavy atom. The van der Waals surface area contributed by atoms with Crippen LogP contribution in [0, 0.1) is 10.1 Å². The highest BCUT2D eigenvalue weighted by Gasteiger charge is 2.44. The zero-order chi connectivity index (χ0) is 37.3. The van der Waals surface area contributed by atoms with E-state index in [1.54, 1.807) is 18.2 Å². The van der Waals surface area contributed by atoms with E-state index in [-0.39, 0.29) is 28.4 Å². The first kappa shape index (κ1) is 40.8. The van der Waals surface area contributed by atoms with Gasteiger partial charge < -0.3 is 24.8 Å². The van der Waals surface area contributed by atoms with Crippen LogP contribution in [-0.4, -0.2) is 70.8 Å². The number of anilines is 1. The molecule has 15 nitrogen and oxygen atoms in total.